The van der Waals surface area contributed by atoms with Gasteiger partial charge in [0, 0.05) is 12.6 Å². The van der Waals surface area contributed by atoms with E-state index in [4.69, 9.17) is 0 Å². The van der Waals surface area contributed by atoms with Crippen LogP contribution in [0.15, 0.2) is 0 Å². The monoisotopic (exact) mass is 416 g/mol. The third-order valence-corrected chi connectivity index (χ3v) is 3.82. The minimum absolute atomic E-state index is 0. The maximum absolute atomic E-state index is 10.6. The van der Waals surface area contributed by atoms with Crippen LogP contribution in [0.25, 0.3) is 0 Å². The maximum Gasteiger partial charge on any atom is 1.00 e. The van der Waals surface area contributed by atoms with Gasteiger partial charge in [-0.15, -0.1) is 0 Å². The third kappa shape index (κ3) is 27.5. The van der Waals surface area contributed by atoms with E-state index in [-0.39, 0.29) is 161 Å². The molecule has 12 heteroatoms. The average Bonchev–Trinajstić information content (AvgIpc) is 2.12. The van der Waals surface area contributed by atoms with Crippen LogP contribution in [0.2, 0.25) is 0 Å². The van der Waals surface area contributed by atoms with Gasteiger partial charge in [0.1, 0.15) is 0 Å². The van der Waals surface area contributed by atoms with Gasteiger partial charge in [-0.25, -0.2) is 0 Å². The Morgan fingerprint density at radius 1 is 0.762 bits per heavy atom. The Kier molecular flexibility index (Phi) is 29.8. The van der Waals surface area contributed by atoms with Gasteiger partial charge in [-0.05, 0) is 13.0 Å². The molecule has 0 radical (unpaired) electrons. The molecule has 0 aromatic heterocycles. The van der Waals surface area contributed by atoms with Crippen molar-refractivity contribution in [2.45, 2.75) is 39.0 Å². The van der Waals surface area contributed by atoms with Crippen molar-refractivity contribution in [2.24, 2.45) is 0 Å². The van der Waals surface area contributed by atoms with E-state index < -0.39 is 27.8 Å². The summed E-state index contributed by atoms with van der Waals surface area (Å²) in [6, 6.07) is 0. The Labute approximate surface area is 254 Å². The largest absolute Gasteiger partial charge is 1.00 e. The van der Waals surface area contributed by atoms with Crippen LogP contribution in [-0.2, 0) is 9.13 Å². The van der Waals surface area contributed by atoms with Crippen LogP contribution < -0.4 is 174 Å². The van der Waals surface area contributed by atoms with Crippen molar-refractivity contribution in [1.29, 1.82) is 0 Å². The predicted octanol–water partition coefficient (Wildman–Crippen LogP) is -9.99. The van der Waals surface area contributed by atoms with E-state index >= 15 is 0 Å². The first-order chi connectivity index (χ1) is 8.14. The van der Waals surface area contributed by atoms with Crippen LogP contribution in [0.1, 0.15) is 39.0 Å². The van der Waals surface area contributed by atoms with Crippen LogP contribution in [0.4, 0.5) is 0 Å². The summed E-state index contributed by atoms with van der Waals surface area (Å²) in [5.41, 5.74) is 0. The molecular formula is C9H19K3NO6P2-. The first-order valence-electron chi connectivity index (χ1n) is 5.88. The van der Waals surface area contributed by atoms with Gasteiger partial charge in [0.05, 0.1) is 0 Å². The zero-order valence-corrected chi connectivity index (χ0v) is 24.6. The van der Waals surface area contributed by atoms with Gasteiger partial charge in [-0.2, -0.15) is 0 Å². The summed E-state index contributed by atoms with van der Waals surface area (Å²) < 4.78 is 21.2. The van der Waals surface area contributed by atoms with Gasteiger partial charge in [-0.1, -0.05) is 47.8 Å². The Bertz CT molecular complexity index is 301. The number of rotatable bonds is 10. The molecule has 7 nitrogen and oxygen atoms in total. The molecule has 0 amide bonds. The molecular weight excluding hydrogens is 397 g/mol. The van der Waals surface area contributed by atoms with E-state index in [1.54, 1.807) is 0 Å². The zero-order chi connectivity index (χ0) is 14.2. The van der Waals surface area contributed by atoms with Gasteiger partial charge >= 0.3 is 154 Å². The van der Waals surface area contributed by atoms with Crippen molar-refractivity contribution >= 4 is 15.2 Å². The summed E-state index contributed by atoms with van der Waals surface area (Å²) in [4.78, 5) is 43.3. The van der Waals surface area contributed by atoms with Gasteiger partial charge in [0.2, 0.25) is 0 Å². The Morgan fingerprint density at radius 2 is 1.14 bits per heavy atom. The summed E-state index contributed by atoms with van der Waals surface area (Å²) in [6.07, 6.45) is 2.63. The van der Waals surface area contributed by atoms with Crippen LogP contribution >= 0.6 is 15.2 Å². The SMILES string of the molecule is CCCCCCCN(CP(=O)([O-])[O-])CP(=O)([O-])[O-].[K+].[K+].[K+]. The fourth-order valence-electron chi connectivity index (χ4n) is 1.62. The molecule has 0 bridgehead atoms. The Balaban J connectivity index is -0.000000482. The number of hydrogen-bond acceptors (Lipinski definition) is 7. The molecule has 0 aromatic carbocycles. The second-order valence-electron chi connectivity index (χ2n) is 4.31. The molecule has 0 aromatic rings. The molecule has 0 unspecified atom stereocenters. The summed E-state index contributed by atoms with van der Waals surface area (Å²) >= 11 is 0. The molecule has 0 atom stereocenters. The van der Waals surface area contributed by atoms with Crippen molar-refractivity contribution in [3.8, 4) is 0 Å². The Hall–Kier alpha value is 5.17. The fourth-order valence-corrected chi connectivity index (χ4v) is 3.24. The van der Waals surface area contributed by atoms with Gasteiger partial charge in [-0.3, -0.25) is 4.90 Å². The fraction of sp³-hybridized carbons (Fsp3) is 1.00. The maximum atomic E-state index is 10.6. The molecule has 0 rings (SSSR count). The van der Waals surface area contributed by atoms with Gasteiger partial charge < -0.3 is 28.7 Å². The van der Waals surface area contributed by atoms with Crippen molar-refractivity contribution < 1.29 is 183 Å². The molecule has 0 fully saturated rings. The zero-order valence-electron chi connectivity index (χ0n) is 13.4. The van der Waals surface area contributed by atoms with E-state index in [2.05, 4.69) is 0 Å². The number of nitrogens with zero attached hydrogens (tertiary/aromatic N) is 1. The molecule has 0 heterocycles. The van der Waals surface area contributed by atoms with Crippen molar-refractivity contribution in [3.05, 3.63) is 0 Å². The predicted molar refractivity (Wildman–Crippen MR) is 60.4 cm³/mol. The molecule has 0 saturated heterocycles. The first-order valence-corrected chi connectivity index (χ1v) is 9.34. The second-order valence-corrected chi connectivity index (χ2v) is 7.32. The van der Waals surface area contributed by atoms with E-state index in [9.17, 15) is 28.7 Å². The number of hydrogen-bond donors (Lipinski definition) is 0. The van der Waals surface area contributed by atoms with Crippen LogP contribution in [0.5, 0.6) is 0 Å². The van der Waals surface area contributed by atoms with Crippen LogP contribution in [-0.4, -0.2) is 24.0 Å². The summed E-state index contributed by atoms with van der Waals surface area (Å²) in [5, 5.41) is 0. The van der Waals surface area contributed by atoms with E-state index in [1.165, 1.54) is 0 Å². The average molecular weight is 416 g/mol. The van der Waals surface area contributed by atoms with Crippen molar-refractivity contribution in [3.63, 3.8) is 0 Å². The first kappa shape index (κ1) is 33.7. The smallest absolute Gasteiger partial charge is 0.810 e. The second kappa shape index (κ2) is 18.5. The van der Waals surface area contributed by atoms with Crippen LogP contribution in [0.3, 0.4) is 0 Å². The molecule has 110 valence electrons. The van der Waals surface area contributed by atoms with Crippen LogP contribution in [0, 0.1) is 0 Å². The number of unbranched alkanes of at least 4 members (excludes halogenated alkanes) is 4. The topological polar surface area (TPSA) is 130 Å². The Morgan fingerprint density at radius 3 is 1.48 bits per heavy atom. The minimum Gasteiger partial charge on any atom is -0.810 e. The van der Waals surface area contributed by atoms with E-state index in [1.807, 2.05) is 6.92 Å². The molecule has 0 aliphatic rings. The van der Waals surface area contributed by atoms with E-state index in [0.717, 1.165) is 30.6 Å². The summed E-state index contributed by atoms with van der Waals surface area (Å²) in [5.74, 6) is 0. The van der Waals surface area contributed by atoms with Gasteiger partial charge in [0.25, 0.3) is 0 Å². The molecule has 21 heavy (non-hydrogen) atoms. The summed E-state index contributed by atoms with van der Waals surface area (Å²) in [6.45, 7) is 2.18. The quantitative estimate of drug-likeness (QED) is 0.196. The van der Waals surface area contributed by atoms with E-state index in [0.29, 0.717) is 6.42 Å². The molecule has 0 saturated carbocycles. The van der Waals surface area contributed by atoms with Crippen molar-refractivity contribution in [2.75, 3.05) is 19.1 Å². The standard InChI is InChI=1S/C9H23NO6P2.3K/c1-2-3-4-5-6-7-10(8-17(11,12)13)9-18(14,15)16;;;/h2-9H2,1H3,(H2,11,12,13)(H2,14,15,16);;;/q;3*+1/p-4. The molecule has 0 aliphatic heterocycles. The van der Waals surface area contributed by atoms with Gasteiger partial charge in [0.15, 0.2) is 0 Å². The summed E-state index contributed by atoms with van der Waals surface area (Å²) in [7, 11) is -9.68. The molecule has 0 aliphatic carbocycles. The normalized spacial score (nSPS) is 11.3. The molecule has 0 spiro atoms. The molecule has 0 N–H and O–H groups in total. The van der Waals surface area contributed by atoms with Crippen molar-refractivity contribution in [1.82, 2.24) is 4.90 Å². The minimum atomic E-state index is -4.84. The third-order valence-electron chi connectivity index (χ3n) is 2.32.